The molecule has 8 rings (SSSR count). The summed E-state index contributed by atoms with van der Waals surface area (Å²) in [6.07, 6.45) is 0.819. The maximum atomic E-state index is 14.8. The molecule has 2 unspecified atom stereocenters. The predicted molar refractivity (Wildman–Crippen MR) is 255 cm³/mol. The summed E-state index contributed by atoms with van der Waals surface area (Å²) in [4.78, 5) is 119. The summed E-state index contributed by atoms with van der Waals surface area (Å²) in [7, 11) is -5.85. The number of hydrogen-bond acceptors (Lipinski definition) is 10. The van der Waals surface area contributed by atoms with Crippen LogP contribution in [-0.4, -0.2) is 128 Å². The van der Waals surface area contributed by atoms with Crippen LogP contribution in [0.15, 0.2) is 72.8 Å². The third-order valence-corrected chi connectivity index (χ3v) is 15.2. The standard InChI is InChI=1S/C50H53F2N6O11PS/c1-49(2,3)43(54-45(62)40-26-32-25-34(15-18-39(32)71-40)50(51,52)70(66,67)68)48(65)57-21-20-55(28-37(57)47(64)56-22-23-69-38(29-56)31-11-7-5-8-12-31)42(60)13-9-4-6-10-30-14-16-35-33(24-30)27-58(46(35)63)36-17-19-41(59)53-44(36)61/h5,7-8,11-12,14-16,18,24-26,36-38,43H,4,9,13,17,19-23,27-29H2,1-3H3,(H,54,62)(H,53,59,61)(H2,66,67,68)/t36?,37-,38-,43?/m0/s1. The number of fused-ring (bicyclic) bond motifs is 2. The van der Waals surface area contributed by atoms with E-state index in [4.69, 9.17) is 4.74 Å². The Hall–Kier alpha value is -6.36. The van der Waals surface area contributed by atoms with Gasteiger partial charge in [0, 0.05) is 66.8 Å². The van der Waals surface area contributed by atoms with Crippen molar-refractivity contribution in [2.24, 2.45) is 5.41 Å². The number of benzene rings is 3. The van der Waals surface area contributed by atoms with Crippen LogP contribution in [0.25, 0.3) is 10.1 Å². The number of carbonyl (C=O) groups is 7. The van der Waals surface area contributed by atoms with Crippen LogP contribution in [0.2, 0.25) is 0 Å². The second kappa shape index (κ2) is 20.4. The van der Waals surface area contributed by atoms with Gasteiger partial charge in [-0.3, -0.25) is 43.4 Å². The lowest BCUT2D eigenvalue weighted by molar-refractivity contribution is -0.158. The van der Waals surface area contributed by atoms with Gasteiger partial charge >= 0.3 is 13.3 Å². The van der Waals surface area contributed by atoms with Crippen molar-refractivity contribution in [2.75, 3.05) is 39.3 Å². The molecule has 4 N–H and O–H groups in total. The van der Waals surface area contributed by atoms with Gasteiger partial charge in [0.05, 0.1) is 24.6 Å². The lowest BCUT2D eigenvalue weighted by atomic mass is 9.85. The van der Waals surface area contributed by atoms with Crippen molar-refractivity contribution >= 4 is 70.4 Å². The molecule has 4 atom stereocenters. The molecule has 0 bridgehead atoms. The highest BCUT2D eigenvalue weighted by molar-refractivity contribution is 7.52. The largest absolute Gasteiger partial charge is 0.399 e. The highest BCUT2D eigenvalue weighted by atomic mass is 32.1. The number of morpholine rings is 1. The van der Waals surface area contributed by atoms with E-state index >= 15 is 0 Å². The van der Waals surface area contributed by atoms with Crippen LogP contribution in [0.4, 0.5) is 8.78 Å². The van der Waals surface area contributed by atoms with Crippen LogP contribution >= 0.6 is 18.9 Å². The van der Waals surface area contributed by atoms with Gasteiger partial charge in [0.15, 0.2) is 0 Å². The minimum atomic E-state index is -5.85. The van der Waals surface area contributed by atoms with E-state index in [-0.39, 0.29) is 93.1 Å². The molecule has 17 nitrogen and oxygen atoms in total. The molecule has 21 heteroatoms. The van der Waals surface area contributed by atoms with Gasteiger partial charge in [0.1, 0.15) is 24.2 Å². The summed E-state index contributed by atoms with van der Waals surface area (Å²) in [5, 5.41) is 5.25. The Morgan fingerprint density at radius 3 is 2.44 bits per heavy atom. The number of ether oxygens (including phenoxy) is 1. The van der Waals surface area contributed by atoms with Crippen LogP contribution in [0, 0.1) is 17.3 Å². The molecule has 5 heterocycles. The van der Waals surface area contributed by atoms with Crippen LogP contribution in [0.1, 0.15) is 101 Å². The molecule has 0 aliphatic carbocycles. The summed E-state index contributed by atoms with van der Waals surface area (Å²) in [6, 6.07) is 15.9. The number of amides is 7. The van der Waals surface area contributed by atoms with Crippen molar-refractivity contribution in [1.29, 1.82) is 0 Å². The first kappa shape index (κ1) is 51.0. The Morgan fingerprint density at radius 1 is 0.958 bits per heavy atom. The lowest BCUT2D eigenvalue weighted by Gasteiger charge is -2.45. The zero-order valence-electron chi connectivity index (χ0n) is 39.2. The molecule has 0 spiro atoms. The molecule has 0 radical (unpaired) electrons. The zero-order valence-corrected chi connectivity index (χ0v) is 40.9. The molecule has 3 aromatic carbocycles. The number of piperazine rings is 1. The number of nitrogens with zero attached hydrogens (tertiary/aromatic N) is 4. The first-order chi connectivity index (χ1) is 33.6. The minimum Gasteiger partial charge on any atom is -0.370 e. The van der Waals surface area contributed by atoms with Gasteiger partial charge < -0.3 is 39.4 Å². The molecule has 4 aromatic rings. The molecule has 0 saturated carbocycles. The number of carbonyl (C=O) groups excluding carboxylic acids is 7. The normalized spacial score (nSPS) is 20.3. The van der Waals surface area contributed by atoms with Crippen molar-refractivity contribution in [3.8, 4) is 11.8 Å². The van der Waals surface area contributed by atoms with E-state index in [1.807, 2.05) is 30.3 Å². The maximum Gasteiger partial charge on any atom is 0.399 e. The number of piperidine rings is 1. The average Bonchev–Trinajstić information content (AvgIpc) is 3.92. The van der Waals surface area contributed by atoms with Crippen LogP contribution < -0.4 is 10.6 Å². The molecule has 7 amide bonds. The first-order valence-corrected chi connectivity index (χ1v) is 25.6. The lowest BCUT2D eigenvalue weighted by Crippen LogP contribution is -2.66. The second-order valence-corrected chi connectivity index (χ2v) is 21.8. The Labute approximate surface area is 412 Å². The smallest absolute Gasteiger partial charge is 0.370 e. The van der Waals surface area contributed by atoms with E-state index in [1.165, 1.54) is 21.9 Å². The number of imide groups is 1. The van der Waals surface area contributed by atoms with E-state index in [2.05, 4.69) is 22.5 Å². The average molecular weight is 1020 g/mol. The molecule has 71 heavy (non-hydrogen) atoms. The number of rotatable bonds is 11. The van der Waals surface area contributed by atoms with Gasteiger partial charge in [-0.1, -0.05) is 69.0 Å². The number of unbranched alkanes of at least 4 members (excludes halogenated alkanes) is 1. The molecule has 1 aromatic heterocycles. The maximum absolute atomic E-state index is 14.8. The van der Waals surface area contributed by atoms with Gasteiger partial charge in [0.25, 0.3) is 11.8 Å². The third-order valence-electron chi connectivity index (χ3n) is 13.1. The molecule has 4 aliphatic heterocycles. The molecule has 374 valence electrons. The van der Waals surface area contributed by atoms with Crippen LogP contribution in [0.5, 0.6) is 0 Å². The van der Waals surface area contributed by atoms with Crippen molar-refractivity contribution in [3.05, 3.63) is 105 Å². The third kappa shape index (κ3) is 10.9. The van der Waals surface area contributed by atoms with Crippen molar-refractivity contribution in [2.45, 2.75) is 89.3 Å². The number of thiophene rings is 1. The monoisotopic (exact) mass is 1010 g/mol. The first-order valence-electron chi connectivity index (χ1n) is 23.2. The zero-order chi connectivity index (χ0) is 51.0. The van der Waals surface area contributed by atoms with Gasteiger partial charge in [0.2, 0.25) is 29.5 Å². The number of nitrogens with one attached hydrogen (secondary N) is 2. The van der Waals surface area contributed by atoms with Gasteiger partial charge in [-0.25, -0.2) is 0 Å². The van der Waals surface area contributed by atoms with E-state index in [1.54, 1.807) is 48.8 Å². The van der Waals surface area contributed by atoms with Gasteiger partial charge in [-0.15, -0.1) is 11.3 Å². The second-order valence-electron chi connectivity index (χ2n) is 19.1. The quantitative estimate of drug-likeness (QED) is 0.0685. The van der Waals surface area contributed by atoms with Crippen LogP contribution in [-0.2, 0) is 45.5 Å². The number of alkyl halides is 2. The van der Waals surface area contributed by atoms with E-state index in [0.29, 0.717) is 28.7 Å². The fourth-order valence-corrected chi connectivity index (χ4v) is 10.7. The molecule has 3 fully saturated rings. The summed E-state index contributed by atoms with van der Waals surface area (Å²) in [6.45, 7) is 6.05. The van der Waals surface area contributed by atoms with Crippen molar-refractivity contribution < 1.29 is 61.4 Å². The fourth-order valence-electron chi connectivity index (χ4n) is 9.24. The van der Waals surface area contributed by atoms with Crippen molar-refractivity contribution in [3.63, 3.8) is 0 Å². The Morgan fingerprint density at radius 2 is 1.72 bits per heavy atom. The Bertz CT molecular complexity index is 2910. The molecule has 4 aliphatic rings. The van der Waals surface area contributed by atoms with E-state index in [9.17, 15) is 56.7 Å². The Kier molecular flexibility index (Phi) is 14.7. The fraction of sp³-hybridized carbons (Fsp3) is 0.420. The van der Waals surface area contributed by atoms with Gasteiger partial charge in [-0.05, 0) is 71.2 Å². The predicted octanol–water partition coefficient (Wildman–Crippen LogP) is 4.90. The SMILES string of the molecule is CC(C)(C)C(NC(=O)c1cc2cc(C(F)(F)P(=O)(O)O)ccc2s1)C(=O)N1CCN(C(=O)CCCC#Cc2ccc3c(c2)CN(C2CCC(=O)NC2=O)C3=O)C[C@H]1C(=O)N1CCO[C@H](c2ccccc2)C1. The summed E-state index contributed by atoms with van der Waals surface area (Å²) in [5.41, 5.74) is -3.58. The molecule has 3 saturated heterocycles. The highest BCUT2D eigenvalue weighted by Crippen LogP contribution is 2.59. The summed E-state index contributed by atoms with van der Waals surface area (Å²) < 4.78 is 47.1. The summed E-state index contributed by atoms with van der Waals surface area (Å²) >= 11 is 0.942. The number of hydrogen-bond donors (Lipinski definition) is 4. The summed E-state index contributed by atoms with van der Waals surface area (Å²) in [5.74, 6) is 3.15. The molecular weight excluding hydrogens is 962 g/mol. The number of halogens is 2. The van der Waals surface area contributed by atoms with E-state index < -0.39 is 72.1 Å². The van der Waals surface area contributed by atoms with E-state index in [0.717, 1.165) is 34.6 Å². The van der Waals surface area contributed by atoms with Gasteiger partial charge in [-0.2, -0.15) is 8.78 Å². The van der Waals surface area contributed by atoms with Crippen molar-refractivity contribution in [1.82, 2.24) is 30.2 Å². The Balaban J connectivity index is 0.952. The molecular formula is C50H53F2N6O11PS. The topological polar surface area (TPSA) is 223 Å². The highest BCUT2D eigenvalue weighted by Gasteiger charge is 2.51. The van der Waals surface area contributed by atoms with Crippen LogP contribution in [0.3, 0.4) is 0 Å². The minimum absolute atomic E-state index is 0.0308.